The third-order valence-electron chi connectivity index (χ3n) is 4.28. The van der Waals surface area contributed by atoms with Crippen LogP contribution in [0.1, 0.15) is 16.8 Å². The van der Waals surface area contributed by atoms with Crippen LogP contribution in [-0.4, -0.2) is 19.9 Å². The van der Waals surface area contributed by atoms with E-state index in [1.54, 1.807) is 18.4 Å². The summed E-state index contributed by atoms with van der Waals surface area (Å²) < 4.78 is 20.1. The number of rotatable bonds is 5. The summed E-state index contributed by atoms with van der Waals surface area (Å²) in [6.07, 6.45) is 1.64. The van der Waals surface area contributed by atoms with Gasteiger partial charge in [-0.3, -0.25) is 0 Å². The summed E-state index contributed by atoms with van der Waals surface area (Å²) in [7, 11) is 0. The summed E-state index contributed by atoms with van der Waals surface area (Å²) >= 11 is 1.40. The van der Waals surface area contributed by atoms with Crippen molar-refractivity contribution in [3.63, 3.8) is 0 Å². The quantitative estimate of drug-likeness (QED) is 0.399. The first-order valence-electron chi connectivity index (χ1n) is 8.62. The van der Waals surface area contributed by atoms with E-state index in [1.807, 2.05) is 19.1 Å². The van der Waals surface area contributed by atoms with Crippen LogP contribution in [0.5, 0.6) is 0 Å². The molecule has 0 aliphatic carbocycles. The first-order chi connectivity index (χ1) is 13.5. The number of nitrogen functional groups attached to an aromatic ring is 1. The van der Waals surface area contributed by atoms with Gasteiger partial charge in [0, 0.05) is 16.9 Å². The third-order valence-corrected chi connectivity index (χ3v) is 5.26. The maximum Gasteiger partial charge on any atom is 0.226 e. The number of hydrogen-bond acceptors (Lipinski definition) is 6. The van der Waals surface area contributed by atoms with Crippen LogP contribution in [-0.2, 0) is 5.75 Å². The van der Waals surface area contributed by atoms with E-state index < -0.39 is 0 Å². The van der Waals surface area contributed by atoms with Crippen molar-refractivity contribution in [2.24, 2.45) is 0 Å². The van der Waals surface area contributed by atoms with Crippen LogP contribution in [0.4, 0.5) is 4.39 Å². The zero-order chi connectivity index (χ0) is 19.7. The number of aryl methyl sites for hydroxylation is 2. The molecule has 2 aromatic heterocycles. The lowest BCUT2D eigenvalue weighted by atomic mass is 10.1. The molecular formula is C20H18FN5OS. The fourth-order valence-electron chi connectivity index (χ4n) is 2.86. The van der Waals surface area contributed by atoms with Gasteiger partial charge in [-0.2, -0.15) is 0 Å². The average Bonchev–Trinajstić information content (AvgIpc) is 3.28. The topological polar surface area (TPSA) is 82.8 Å². The van der Waals surface area contributed by atoms with Crippen LogP contribution in [0.2, 0.25) is 0 Å². The Kier molecular flexibility index (Phi) is 4.87. The fraction of sp³-hybridized carbons (Fsp3) is 0.150. The van der Waals surface area contributed by atoms with Crippen molar-refractivity contribution < 1.29 is 8.81 Å². The number of oxazole rings is 1. The van der Waals surface area contributed by atoms with E-state index in [0.717, 1.165) is 16.8 Å². The number of thioether (sulfide) groups is 1. The Hall–Kier alpha value is -3.13. The SMILES string of the molecule is Cc1ccc(-c2nc(CSc3nnc(-c4ccc(F)cc4)n3N)co2)c(C)c1. The van der Waals surface area contributed by atoms with Crippen LogP contribution < -0.4 is 5.84 Å². The molecule has 0 saturated carbocycles. The van der Waals surface area contributed by atoms with Gasteiger partial charge in [-0.05, 0) is 49.7 Å². The summed E-state index contributed by atoms with van der Waals surface area (Å²) in [5.41, 5.74) is 4.77. The Morgan fingerprint density at radius 2 is 1.89 bits per heavy atom. The molecule has 0 bridgehead atoms. The molecule has 8 heteroatoms. The zero-order valence-electron chi connectivity index (χ0n) is 15.4. The molecule has 2 heterocycles. The minimum absolute atomic E-state index is 0.313. The van der Waals surface area contributed by atoms with Crippen molar-refractivity contribution in [1.82, 2.24) is 19.9 Å². The van der Waals surface area contributed by atoms with Gasteiger partial charge in [0.05, 0.1) is 5.69 Å². The van der Waals surface area contributed by atoms with Gasteiger partial charge < -0.3 is 10.3 Å². The van der Waals surface area contributed by atoms with Crippen LogP contribution in [0, 0.1) is 19.7 Å². The molecule has 2 aromatic carbocycles. The maximum atomic E-state index is 13.1. The molecule has 0 spiro atoms. The normalized spacial score (nSPS) is 11.1. The summed E-state index contributed by atoms with van der Waals surface area (Å²) in [4.78, 5) is 4.56. The second kappa shape index (κ2) is 7.47. The summed E-state index contributed by atoms with van der Waals surface area (Å²) in [6, 6.07) is 12.1. The lowest BCUT2D eigenvalue weighted by Crippen LogP contribution is -2.11. The Morgan fingerprint density at radius 1 is 1.11 bits per heavy atom. The van der Waals surface area contributed by atoms with Crippen LogP contribution in [0.25, 0.3) is 22.8 Å². The van der Waals surface area contributed by atoms with Gasteiger partial charge in [0.25, 0.3) is 0 Å². The highest BCUT2D eigenvalue weighted by atomic mass is 32.2. The monoisotopic (exact) mass is 395 g/mol. The molecule has 0 aliphatic rings. The maximum absolute atomic E-state index is 13.1. The predicted molar refractivity (Wildman–Crippen MR) is 107 cm³/mol. The summed E-state index contributed by atoms with van der Waals surface area (Å²) in [6.45, 7) is 4.09. The predicted octanol–water partition coefficient (Wildman–Crippen LogP) is 4.36. The van der Waals surface area contributed by atoms with Gasteiger partial charge in [-0.25, -0.2) is 14.1 Å². The van der Waals surface area contributed by atoms with Crippen LogP contribution in [0.15, 0.2) is 58.3 Å². The van der Waals surface area contributed by atoms with Crippen molar-refractivity contribution in [2.45, 2.75) is 24.8 Å². The Morgan fingerprint density at radius 3 is 2.64 bits per heavy atom. The summed E-state index contributed by atoms with van der Waals surface area (Å²) in [5, 5.41) is 8.76. The highest BCUT2D eigenvalue weighted by molar-refractivity contribution is 7.98. The fourth-order valence-corrected chi connectivity index (χ4v) is 3.59. The number of halogens is 1. The number of nitrogens with zero attached hydrogens (tertiary/aromatic N) is 4. The Bertz CT molecular complexity index is 1120. The van der Waals surface area contributed by atoms with Crippen molar-refractivity contribution in [3.05, 3.63) is 71.4 Å². The van der Waals surface area contributed by atoms with Crippen LogP contribution in [0.3, 0.4) is 0 Å². The second-order valence-corrected chi connectivity index (χ2v) is 7.38. The lowest BCUT2D eigenvalue weighted by Gasteiger charge is -2.03. The molecule has 0 amide bonds. The smallest absolute Gasteiger partial charge is 0.226 e. The first-order valence-corrected chi connectivity index (χ1v) is 9.61. The molecule has 0 radical (unpaired) electrons. The molecule has 0 atom stereocenters. The minimum atomic E-state index is -0.313. The van der Waals surface area contributed by atoms with Gasteiger partial charge in [-0.1, -0.05) is 29.5 Å². The number of aromatic nitrogens is 4. The molecule has 0 fully saturated rings. The standard InChI is InChI=1S/C20H18FN5OS/c1-12-3-8-17(13(2)9-12)19-23-16(10-27-19)11-28-20-25-24-18(26(20)22)14-4-6-15(21)7-5-14/h3-10H,11,22H2,1-2H3. The van der Waals surface area contributed by atoms with Gasteiger partial charge in [0.2, 0.25) is 11.0 Å². The number of hydrogen-bond donors (Lipinski definition) is 1. The molecule has 0 aliphatic heterocycles. The molecule has 6 nitrogen and oxygen atoms in total. The first kappa shape index (κ1) is 18.2. The molecule has 142 valence electrons. The van der Waals surface area contributed by atoms with Gasteiger partial charge >= 0.3 is 0 Å². The van der Waals surface area contributed by atoms with E-state index in [-0.39, 0.29) is 5.82 Å². The van der Waals surface area contributed by atoms with Gasteiger partial charge in [0.1, 0.15) is 12.1 Å². The summed E-state index contributed by atoms with van der Waals surface area (Å²) in [5.74, 6) is 7.39. The largest absolute Gasteiger partial charge is 0.444 e. The van der Waals surface area contributed by atoms with E-state index in [0.29, 0.717) is 28.2 Å². The second-order valence-electron chi connectivity index (χ2n) is 6.43. The zero-order valence-corrected chi connectivity index (χ0v) is 16.2. The van der Waals surface area contributed by atoms with Crippen molar-refractivity contribution >= 4 is 11.8 Å². The molecule has 0 saturated heterocycles. The van der Waals surface area contributed by atoms with Crippen molar-refractivity contribution in [1.29, 1.82) is 0 Å². The molecule has 4 aromatic rings. The highest BCUT2D eigenvalue weighted by Gasteiger charge is 2.14. The molecule has 2 N–H and O–H groups in total. The third kappa shape index (κ3) is 3.63. The van der Waals surface area contributed by atoms with Crippen molar-refractivity contribution in [2.75, 3.05) is 5.84 Å². The number of benzene rings is 2. The van der Waals surface area contributed by atoms with Gasteiger partial charge in [0.15, 0.2) is 5.82 Å². The number of nitrogens with two attached hydrogens (primary N) is 1. The Labute approximate surface area is 165 Å². The average molecular weight is 395 g/mol. The Balaban J connectivity index is 1.48. The van der Waals surface area contributed by atoms with E-state index in [2.05, 4.69) is 28.2 Å². The minimum Gasteiger partial charge on any atom is -0.444 e. The van der Waals surface area contributed by atoms with Crippen LogP contribution >= 0.6 is 11.8 Å². The van der Waals surface area contributed by atoms with E-state index in [1.165, 1.54) is 34.1 Å². The molecule has 28 heavy (non-hydrogen) atoms. The van der Waals surface area contributed by atoms with E-state index in [9.17, 15) is 4.39 Å². The molecular weight excluding hydrogens is 377 g/mol. The molecule has 4 rings (SSSR count). The lowest BCUT2D eigenvalue weighted by molar-refractivity contribution is 0.573. The highest BCUT2D eigenvalue weighted by Crippen LogP contribution is 2.27. The van der Waals surface area contributed by atoms with E-state index in [4.69, 9.17) is 10.3 Å². The van der Waals surface area contributed by atoms with Gasteiger partial charge in [-0.15, -0.1) is 10.2 Å². The van der Waals surface area contributed by atoms with E-state index >= 15 is 0 Å². The van der Waals surface area contributed by atoms with Crippen molar-refractivity contribution in [3.8, 4) is 22.8 Å². The molecule has 0 unspecified atom stereocenters.